The SMILES string of the molecule is N#CCc1ncncc1O. The van der Waals surface area contributed by atoms with E-state index in [4.69, 9.17) is 10.4 Å². The fraction of sp³-hybridized carbons (Fsp3) is 0.167. The minimum Gasteiger partial charge on any atom is -0.504 e. The van der Waals surface area contributed by atoms with E-state index < -0.39 is 0 Å². The largest absolute Gasteiger partial charge is 0.504 e. The Kier molecular flexibility index (Phi) is 1.80. The van der Waals surface area contributed by atoms with Crippen LogP contribution in [0.15, 0.2) is 12.5 Å². The highest BCUT2D eigenvalue weighted by Crippen LogP contribution is 2.09. The molecular formula is C6H5N3O. The molecule has 4 nitrogen and oxygen atoms in total. The second kappa shape index (κ2) is 2.78. The number of hydrogen-bond donors (Lipinski definition) is 1. The molecule has 0 aromatic carbocycles. The lowest BCUT2D eigenvalue weighted by Crippen LogP contribution is -1.88. The molecule has 1 aromatic heterocycles. The zero-order valence-corrected chi connectivity index (χ0v) is 5.15. The zero-order chi connectivity index (χ0) is 7.40. The molecule has 0 bridgehead atoms. The van der Waals surface area contributed by atoms with E-state index >= 15 is 0 Å². The van der Waals surface area contributed by atoms with Crippen LogP contribution >= 0.6 is 0 Å². The molecule has 0 aliphatic carbocycles. The molecule has 0 aliphatic rings. The Morgan fingerprint density at radius 1 is 1.70 bits per heavy atom. The number of aromatic hydroxyl groups is 1. The summed E-state index contributed by atoms with van der Waals surface area (Å²) < 4.78 is 0. The first-order chi connectivity index (χ1) is 4.84. The van der Waals surface area contributed by atoms with Crippen molar-refractivity contribution in [1.82, 2.24) is 9.97 Å². The highest BCUT2D eigenvalue weighted by molar-refractivity contribution is 5.23. The van der Waals surface area contributed by atoms with Crippen LogP contribution < -0.4 is 0 Å². The fourth-order valence-corrected chi connectivity index (χ4v) is 0.559. The number of nitrogens with zero attached hydrogens (tertiary/aromatic N) is 3. The van der Waals surface area contributed by atoms with Crippen molar-refractivity contribution < 1.29 is 5.11 Å². The third-order valence-electron chi connectivity index (χ3n) is 1.02. The third kappa shape index (κ3) is 1.20. The van der Waals surface area contributed by atoms with Crippen LogP contribution in [0.2, 0.25) is 0 Å². The van der Waals surface area contributed by atoms with Gasteiger partial charge < -0.3 is 5.11 Å². The number of nitriles is 1. The summed E-state index contributed by atoms with van der Waals surface area (Å²) in [6, 6.07) is 1.87. The van der Waals surface area contributed by atoms with Crippen LogP contribution in [-0.4, -0.2) is 15.1 Å². The van der Waals surface area contributed by atoms with E-state index in [0.29, 0.717) is 5.69 Å². The number of rotatable bonds is 1. The summed E-state index contributed by atoms with van der Waals surface area (Å²) in [5.41, 5.74) is 0.373. The lowest BCUT2D eigenvalue weighted by molar-refractivity contribution is 0.463. The fourth-order valence-electron chi connectivity index (χ4n) is 0.559. The van der Waals surface area contributed by atoms with Crippen LogP contribution in [0.1, 0.15) is 5.69 Å². The van der Waals surface area contributed by atoms with Gasteiger partial charge in [0, 0.05) is 0 Å². The predicted octanol–water partition coefficient (Wildman–Crippen LogP) is 0.248. The number of hydrogen-bond acceptors (Lipinski definition) is 4. The van der Waals surface area contributed by atoms with Crippen LogP contribution in [0.3, 0.4) is 0 Å². The Labute approximate surface area is 57.8 Å². The summed E-state index contributed by atoms with van der Waals surface area (Å²) in [4.78, 5) is 7.24. The monoisotopic (exact) mass is 135 g/mol. The van der Waals surface area contributed by atoms with Gasteiger partial charge in [0.1, 0.15) is 6.33 Å². The third-order valence-corrected chi connectivity index (χ3v) is 1.02. The van der Waals surface area contributed by atoms with Crippen molar-refractivity contribution in [2.45, 2.75) is 6.42 Å². The van der Waals surface area contributed by atoms with Crippen LogP contribution in [0.5, 0.6) is 5.75 Å². The van der Waals surface area contributed by atoms with Gasteiger partial charge in [-0.2, -0.15) is 5.26 Å². The van der Waals surface area contributed by atoms with Crippen molar-refractivity contribution in [3.8, 4) is 11.8 Å². The van der Waals surface area contributed by atoms with Crippen molar-refractivity contribution in [3.05, 3.63) is 18.2 Å². The molecule has 4 heteroatoms. The molecule has 0 spiro atoms. The van der Waals surface area contributed by atoms with Gasteiger partial charge >= 0.3 is 0 Å². The predicted molar refractivity (Wildman–Crippen MR) is 33.0 cm³/mol. The molecule has 0 aliphatic heterocycles. The second-order valence-corrected chi connectivity index (χ2v) is 1.69. The van der Waals surface area contributed by atoms with Crippen molar-refractivity contribution in [2.75, 3.05) is 0 Å². The van der Waals surface area contributed by atoms with Crippen molar-refractivity contribution in [1.29, 1.82) is 5.26 Å². The van der Waals surface area contributed by atoms with Crippen molar-refractivity contribution in [3.63, 3.8) is 0 Å². The lowest BCUT2D eigenvalue weighted by Gasteiger charge is -1.93. The van der Waals surface area contributed by atoms with E-state index in [1.54, 1.807) is 0 Å². The highest BCUT2D eigenvalue weighted by Gasteiger charge is 1.98. The van der Waals surface area contributed by atoms with Crippen LogP contribution in [-0.2, 0) is 6.42 Å². The van der Waals surface area contributed by atoms with Crippen molar-refractivity contribution in [2.24, 2.45) is 0 Å². The minimum atomic E-state index is -0.0240. The average molecular weight is 135 g/mol. The van der Waals surface area contributed by atoms with Gasteiger partial charge in [-0.1, -0.05) is 0 Å². The van der Waals surface area contributed by atoms with Gasteiger partial charge in [-0.15, -0.1) is 0 Å². The first-order valence-electron chi connectivity index (χ1n) is 2.69. The van der Waals surface area contributed by atoms with Crippen LogP contribution in [0.25, 0.3) is 0 Å². The van der Waals surface area contributed by atoms with Crippen LogP contribution in [0, 0.1) is 11.3 Å². The van der Waals surface area contributed by atoms with Gasteiger partial charge in [-0.3, -0.25) is 0 Å². The second-order valence-electron chi connectivity index (χ2n) is 1.69. The van der Waals surface area contributed by atoms with E-state index in [1.165, 1.54) is 12.5 Å². The standard InChI is InChI=1S/C6H5N3O/c7-2-1-5-6(10)3-8-4-9-5/h3-4,10H,1H2. The summed E-state index contributed by atoms with van der Waals surface area (Å²) in [5, 5.41) is 17.2. The van der Waals surface area contributed by atoms with E-state index in [0.717, 1.165) is 0 Å². The van der Waals surface area contributed by atoms with Gasteiger partial charge in [0.2, 0.25) is 0 Å². The molecule has 1 aromatic rings. The molecule has 10 heavy (non-hydrogen) atoms. The molecule has 0 unspecified atom stereocenters. The van der Waals surface area contributed by atoms with E-state index in [-0.39, 0.29) is 12.2 Å². The molecule has 50 valence electrons. The summed E-state index contributed by atoms with van der Waals surface area (Å²) in [7, 11) is 0. The molecule has 0 saturated carbocycles. The van der Waals surface area contributed by atoms with Crippen molar-refractivity contribution >= 4 is 0 Å². The van der Waals surface area contributed by atoms with E-state index in [1.807, 2.05) is 6.07 Å². The average Bonchev–Trinajstić information content (AvgIpc) is 1.94. The van der Waals surface area contributed by atoms with Gasteiger partial charge in [-0.25, -0.2) is 9.97 Å². The van der Waals surface area contributed by atoms with Gasteiger partial charge in [0.15, 0.2) is 5.75 Å². The smallest absolute Gasteiger partial charge is 0.156 e. The molecule has 0 radical (unpaired) electrons. The first-order valence-corrected chi connectivity index (χ1v) is 2.69. The maximum atomic E-state index is 8.97. The summed E-state index contributed by atoms with van der Waals surface area (Å²) in [5.74, 6) is -0.0240. The maximum absolute atomic E-state index is 8.97. The summed E-state index contributed by atoms with van der Waals surface area (Å²) >= 11 is 0. The van der Waals surface area contributed by atoms with E-state index in [2.05, 4.69) is 9.97 Å². The van der Waals surface area contributed by atoms with E-state index in [9.17, 15) is 0 Å². The summed E-state index contributed by atoms with van der Waals surface area (Å²) in [6.07, 6.45) is 2.68. The Bertz CT molecular complexity index is 266. The van der Waals surface area contributed by atoms with Gasteiger partial charge in [0.25, 0.3) is 0 Å². The van der Waals surface area contributed by atoms with Crippen LogP contribution in [0.4, 0.5) is 0 Å². The molecule has 0 atom stereocenters. The lowest BCUT2D eigenvalue weighted by atomic mass is 10.3. The molecule has 0 amide bonds. The Morgan fingerprint density at radius 2 is 2.50 bits per heavy atom. The number of aromatic nitrogens is 2. The topological polar surface area (TPSA) is 69.8 Å². The molecule has 1 heterocycles. The zero-order valence-electron chi connectivity index (χ0n) is 5.15. The Morgan fingerprint density at radius 3 is 3.10 bits per heavy atom. The Balaban J connectivity index is 2.94. The van der Waals surface area contributed by atoms with Gasteiger partial charge in [-0.05, 0) is 0 Å². The molecule has 0 saturated heterocycles. The normalized spacial score (nSPS) is 8.70. The molecule has 1 N–H and O–H groups in total. The Hall–Kier alpha value is -1.63. The molecule has 1 rings (SSSR count). The van der Waals surface area contributed by atoms with Gasteiger partial charge in [0.05, 0.1) is 24.4 Å². The first kappa shape index (κ1) is 6.49. The summed E-state index contributed by atoms with van der Waals surface area (Å²) in [6.45, 7) is 0. The molecular weight excluding hydrogens is 130 g/mol. The molecule has 0 fully saturated rings. The quantitative estimate of drug-likeness (QED) is 0.599. The minimum absolute atomic E-state index is 0.0240. The highest BCUT2D eigenvalue weighted by atomic mass is 16.3. The maximum Gasteiger partial charge on any atom is 0.156 e.